The van der Waals surface area contributed by atoms with Crippen LogP contribution in [0.4, 0.5) is 0 Å². The lowest BCUT2D eigenvalue weighted by Crippen LogP contribution is -2.21. The molecular weight excluding hydrogens is 262 g/mol. The van der Waals surface area contributed by atoms with Crippen LogP contribution in [0, 0.1) is 0 Å². The van der Waals surface area contributed by atoms with Gasteiger partial charge in [0.1, 0.15) is 11.5 Å². The molecule has 0 bridgehead atoms. The van der Waals surface area contributed by atoms with Gasteiger partial charge >= 0.3 is 0 Å². The maximum absolute atomic E-state index is 5.76. The molecule has 0 radical (unpaired) electrons. The monoisotopic (exact) mass is 285 g/mol. The molecule has 3 nitrogen and oxygen atoms in total. The molecule has 1 aromatic carbocycles. The van der Waals surface area contributed by atoms with Crippen LogP contribution in [-0.4, -0.2) is 12.6 Å². The van der Waals surface area contributed by atoms with Gasteiger partial charge in [0.2, 0.25) is 0 Å². The first-order valence-corrected chi connectivity index (χ1v) is 7.55. The van der Waals surface area contributed by atoms with E-state index in [0.717, 1.165) is 30.2 Å². The summed E-state index contributed by atoms with van der Waals surface area (Å²) in [6.45, 7) is 10.2. The first-order chi connectivity index (χ1) is 9.97. The molecule has 2 heterocycles. The second kappa shape index (κ2) is 5.23. The Kier molecular flexibility index (Phi) is 3.54. The fourth-order valence-corrected chi connectivity index (χ4v) is 2.72. The Labute approximate surface area is 126 Å². The SMILES string of the molecule is CC(C)NCc1occc1-c1ccc2c(c1)C(C)(C)CO2. The smallest absolute Gasteiger partial charge is 0.125 e. The Bertz CT molecular complexity index is 640. The van der Waals surface area contributed by atoms with E-state index in [0.29, 0.717) is 6.04 Å². The zero-order valence-electron chi connectivity index (χ0n) is 13.2. The summed E-state index contributed by atoms with van der Waals surface area (Å²) in [5.74, 6) is 1.99. The number of nitrogens with one attached hydrogen (secondary N) is 1. The maximum Gasteiger partial charge on any atom is 0.125 e. The molecule has 2 aromatic rings. The molecule has 3 rings (SSSR count). The van der Waals surface area contributed by atoms with Crippen molar-refractivity contribution in [3.05, 3.63) is 41.9 Å². The zero-order chi connectivity index (χ0) is 15.0. The van der Waals surface area contributed by atoms with Crippen LogP contribution in [0.3, 0.4) is 0 Å². The van der Waals surface area contributed by atoms with Crippen LogP contribution in [0.1, 0.15) is 39.0 Å². The molecule has 0 fully saturated rings. The first-order valence-electron chi connectivity index (χ1n) is 7.55. The van der Waals surface area contributed by atoms with Crippen LogP contribution >= 0.6 is 0 Å². The first kappa shape index (κ1) is 14.2. The molecule has 0 atom stereocenters. The van der Waals surface area contributed by atoms with Crippen LogP contribution < -0.4 is 10.1 Å². The summed E-state index contributed by atoms with van der Waals surface area (Å²) in [5.41, 5.74) is 3.71. The largest absolute Gasteiger partial charge is 0.492 e. The Balaban J connectivity index is 1.94. The average molecular weight is 285 g/mol. The van der Waals surface area contributed by atoms with Gasteiger partial charge in [-0.2, -0.15) is 0 Å². The van der Waals surface area contributed by atoms with Crippen molar-refractivity contribution in [2.75, 3.05) is 6.61 Å². The van der Waals surface area contributed by atoms with E-state index in [1.54, 1.807) is 6.26 Å². The van der Waals surface area contributed by atoms with Crippen LogP contribution in [0.25, 0.3) is 11.1 Å². The third-order valence-corrected chi connectivity index (χ3v) is 4.02. The summed E-state index contributed by atoms with van der Waals surface area (Å²) in [5, 5.41) is 3.41. The van der Waals surface area contributed by atoms with Crippen LogP contribution in [-0.2, 0) is 12.0 Å². The van der Waals surface area contributed by atoms with Crippen molar-refractivity contribution >= 4 is 0 Å². The third kappa shape index (κ3) is 2.70. The van der Waals surface area contributed by atoms with Crippen molar-refractivity contribution in [2.45, 2.75) is 45.7 Å². The highest BCUT2D eigenvalue weighted by atomic mass is 16.5. The minimum atomic E-state index is 0.0748. The van der Waals surface area contributed by atoms with Gasteiger partial charge in [-0.1, -0.05) is 33.8 Å². The molecular formula is C18H23NO2. The Hall–Kier alpha value is -1.74. The van der Waals surface area contributed by atoms with E-state index in [1.807, 2.05) is 6.07 Å². The quantitative estimate of drug-likeness (QED) is 0.917. The van der Waals surface area contributed by atoms with E-state index in [-0.39, 0.29) is 5.41 Å². The fourth-order valence-electron chi connectivity index (χ4n) is 2.72. The number of fused-ring (bicyclic) bond motifs is 1. The highest BCUT2D eigenvalue weighted by molar-refractivity contribution is 5.68. The van der Waals surface area contributed by atoms with Gasteiger partial charge in [-0.15, -0.1) is 0 Å². The van der Waals surface area contributed by atoms with Crippen molar-refractivity contribution in [3.63, 3.8) is 0 Å². The number of rotatable bonds is 4. The van der Waals surface area contributed by atoms with E-state index in [4.69, 9.17) is 9.15 Å². The Morgan fingerprint density at radius 3 is 2.81 bits per heavy atom. The lowest BCUT2D eigenvalue weighted by Gasteiger charge is -2.16. The second-order valence-corrected chi connectivity index (χ2v) is 6.68. The van der Waals surface area contributed by atoms with E-state index in [1.165, 1.54) is 11.1 Å². The summed E-state index contributed by atoms with van der Waals surface area (Å²) in [4.78, 5) is 0. The minimum Gasteiger partial charge on any atom is -0.492 e. The maximum atomic E-state index is 5.76. The molecule has 0 saturated heterocycles. The minimum absolute atomic E-state index is 0.0748. The number of hydrogen-bond donors (Lipinski definition) is 1. The summed E-state index contributed by atoms with van der Waals surface area (Å²) >= 11 is 0. The topological polar surface area (TPSA) is 34.4 Å². The van der Waals surface area contributed by atoms with Gasteiger partial charge in [-0.3, -0.25) is 0 Å². The van der Waals surface area contributed by atoms with Gasteiger partial charge in [0.15, 0.2) is 0 Å². The number of furan rings is 1. The van der Waals surface area contributed by atoms with Gasteiger partial charge < -0.3 is 14.5 Å². The van der Waals surface area contributed by atoms with Crippen LogP contribution in [0.2, 0.25) is 0 Å². The van der Waals surface area contributed by atoms with Gasteiger partial charge in [0, 0.05) is 22.6 Å². The van der Waals surface area contributed by atoms with Crippen molar-refractivity contribution in [3.8, 4) is 16.9 Å². The molecule has 1 aliphatic heterocycles. The van der Waals surface area contributed by atoms with Gasteiger partial charge in [0.25, 0.3) is 0 Å². The van der Waals surface area contributed by atoms with Crippen molar-refractivity contribution < 1.29 is 9.15 Å². The van der Waals surface area contributed by atoms with Crippen LogP contribution in [0.5, 0.6) is 5.75 Å². The summed E-state index contributed by atoms with van der Waals surface area (Å²) in [7, 11) is 0. The lowest BCUT2D eigenvalue weighted by molar-refractivity contribution is 0.291. The highest BCUT2D eigenvalue weighted by Crippen LogP contribution is 2.41. The van der Waals surface area contributed by atoms with Gasteiger partial charge in [-0.25, -0.2) is 0 Å². The second-order valence-electron chi connectivity index (χ2n) is 6.68. The lowest BCUT2D eigenvalue weighted by atomic mass is 9.85. The predicted molar refractivity (Wildman–Crippen MR) is 84.6 cm³/mol. The number of hydrogen-bond acceptors (Lipinski definition) is 3. The van der Waals surface area contributed by atoms with Gasteiger partial charge in [-0.05, 0) is 23.8 Å². The zero-order valence-corrected chi connectivity index (χ0v) is 13.2. The van der Waals surface area contributed by atoms with Crippen molar-refractivity contribution in [2.24, 2.45) is 0 Å². The molecule has 0 unspecified atom stereocenters. The van der Waals surface area contributed by atoms with E-state index >= 15 is 0 Å². The Morgan fingerprint density at radius 2 is 2.05 bits per heavy atom. The standard InChI is InChI=1S/C18H23NO2/c1-12(2)19-10-17-14(7-8-20-17)13-5-6-16-15(9-13)18(3,4)11-21-16/h5-9,12,19H,10-11H2,1-4H3. The highest BCUT2D eigenvalue weighted by Gasteiger charge is 2.32. The molecule has 3 heteroatoms. The molecule has 0 saturated carbocycles. The molecule has 1 aromatic heterocycles. The molecule has 21 heavy (non-hydrogen) atoms. The molecule has 1 aliphatic rings. The summed E-state index contributed by atoms with van der Waals surface area (Å²) in [6.07, 6.45) is 1.77. The van der Waals surface area contributed by atoms with Crippen molar-refractivity contribution in [1.82, 2.24) is 5.32 Å². The summed E-state index contributed by atoms with van der Waals surface area (Å²) in [6, 6.07) is 8.92. The van der Waals surface area contributed by atoms with E-state index < -0.39 is 0 Å². The normalized spacial score (nSPS) is 16.0. The molecule has 0 amide bonds. The third-order valence-electron chi connectivity index (χ3n) is 4.02. The molecule has 0 aliphatic carbocycles. The van der Waals surface area contributed by atoms with Crippen LogP contribution in [0.15, 0.2) is 34.9 Å². The fraction of sp³-hybridized carbons (Fsp3) is 0.444. The average Bonchev–Trinajstić information content (AvgIpc) is 3.01. The van der Waals surface area contributed by atoms with E-state index in [2.05, 4.69) is 51.2 Å². The van der Waals surface area contributed by atoms with E-state index in [9.17, 15) is 0 Å². The molecule has 1 N–H and O–H groups in total. The van der Waals surface area contributed by atoms with Crippen molar-refractivity contribution in [1.29, 1.82) is 0 Å². The summed E-state index contributed by atoms with van der Waals surface area (Å²) < 4.78 is 11.4. The van der Waals surface area contributed by atoms with Gasteiger partial charge in [0.05, 0.1) is 19.4 Å². The molecule has 0 spiro atoms. The Morgan fingerprint density at radius 1 is 1.24 bits per heavy atom. The predicted octanol–water partition coefficient (Wildman–Crippen LogP) is 4.11. The number of benzene rings is 1. The molecule has 112 valence electrons. The number of ether oxygens (including phenoxy) is 1.